The summed E-state index contributed by atoms with van der Waals surface area (Å²) in [6.07, 6.45) is 0. The molecule has 0 bridgehead atoms. The Bertz CT molecular complexity index is 826. The van der Waals surface area contributed by atoms with Crippen LogP contribution in [0.2, 0.25) is 0 Å². The Balaban J connectivity index is 1.60. The molecule has 0 saturated carbocycles. The summed E-state index contributed by atoms with van der Waals surface area (Å²) in [6, 6.07) is 5.32. The molecule has 2 heterocycles. The highest BCUT2D eigenvalue weighted by atomic mass is 32.2. The quantitative estimate of drug-likeness (QED) is 0.713. The molecular formula is C21H34N4O3S. The monoisotopic (exact) mass is 422 g/mol. The number of sulfonamides is 1. The van der Waals surface area contributed by atoms with Crippen LogP contribution in [0.3, 0.4) is 0 Å². The topological polar surface area (TPSA) is 64.2 Å². The van der Waals surface area contributed by atoms with Gasteiger partial charge in [0.05, 0.1) is 10.9 Å². The van der Waals surface area contributed by atoms with Gasteiger partial charge in [-0.2, -0.15) is 4.31 Å². The molecule has 162 valence electrons. The van der Waals surface area contributed by atoms with Crippen LogP contribution in [-0.4, -0.2) is 98.3 Å². The number of hydrogen-bond donors (Lipinski definition) is 0. The van der Waals surface area contributed by atoms with Crippen LogP contribution in [0.1, 0.15) is 25.0 Å². The van der Waals surface area contributed by atoms with Crippen LogP contribution < -0.4 is 0 Å². The van der Waals surface area contributed by atoms with E-state index in [2.05, 4.69) is 16.7 Å². The Morgan fingerprint density at radius 3 is 2.21 bits per heavy atom. The summed E-state index contributed by atoms with van der Waals surface area (Å²) >= 11 is 0. The molecule has 1 aromatic rings. The van der Waals surface area contributed by atoms with Gasteiger partial charge in [0.15, 0.2) is 0 Å². The molecule has 1 atom stereocenters. The van der Waals surface area contributed by atoms with Crippen LogP contribution in [0.25, 0.3) is 0 Å². The molecule has 29 heavy (non-hydrogen) atoms. The molecule has 8 heteroatoms. The molecule has 0 spiro atoms. The zero-order chi connectivity index (χ0) is 21.2. The molecule has 0 unspecified atom stereocenters. The molecule has 7 nitrogen and oxygen atoms in total. The lowest BCUT2D eigenvalue weighted by Crippen LogP contribution is -2.57. The van der Waals surface area contributed by atoms with Gasteiger partial charge >= 0.3 is 0 Å². The second-order valence-corrected chi connectivity index (χ2v) is 10.1. The van der Waals surface area contributed by atoms with Gasteiger partial charge in [-0.25, -0.2) is 8.42 Å². The van der Waals surface area contributed by atoms with E-state index in [4.69, 9.17) is 0 Å². The molecule has 1 aromatic carbocycles. The van der Waals surface area contributed by atoms with Gasteiger partial charge < -0.3 is 9.80 Å². The summed E-state index contributed by atoms with van der Waals surface area (Å²) in [5.74, 6) is 0.159. The second kappa shape index (κ2) is 9.12. The predicted molar refractivity (Wildman–Crippen MR) is 114 cm³/mol. The molecular weight excluding hydrogens is 388 g/mol. The fraction of sp³-hybridized carbons (Fsp3) is 0.667. The van der Waals surface area contributed by atoms with Gasteiger partial charge in [-0.05, 0) is 44.5 Å². The van der Waals surface area contributed by atoms with Crippen molar-refractivity contribution in [3.8, 4) is 0 Å². The van der Waals surface area contributed by atoms with E-state index in [-0.39, 0.29) is 11.9 Å². The fourth-order valence-corrected chi connectivity index (χ4v) is 5.89. The second-order valence-electron chi connectivity index (χ2n) is 8.14. The maximum Gasteiger partial charge on any atom is 0.243 e. The van der Waals surface area contributed by atoms with Crippen molar-refractivity contribution in [1.29, 1.82) is 0 Å². The highest BCUT2D eigenvalue weighted by Gasteiger charge is 2.34. The maximum absolute atomic E-state index is 13.1. The Morgan fingerprint density at radius 1 is 1.00 bits per heavy atom. The minimum Gasteiger partial charge on any atom is -0.339 e. The third-order valence-corrected chi connectivity index (χ3v) is 8.31. The van der Waals surface area contributed by atoms with Gasteiger partial charge in [-0.3, -0.25) is 9.69 Å². The molecule has 0 radical (unpaired) electrons. The lowest BCUT2D eigenvalue weighted by molar-refractivity contribution is -0.138. The first-order valence-electron chi connectivity index (χ1n) is 10.6. The molecule has 2 aliphatic heterocycles. The Hall–Kier alpha value is -1.48. The van der Waals surface area contributed by atoms with Crippen LogP contribution >= 0.6 is 0 Å². The Labute approximate surface area is 175 Å². The zero-order valence-corrected chi connectivity index (χ0v) is 18.9. The smallest absolute Gasteiger partial charge is 0.243 e. The van der Waals surface area contributed by atoms with Crippen LogP contribution in [0.5, 0.6) is 0 Å². The summed E-state index contributed by atoms with van der Waals surface area (Å²) < 4.78 is 27.8. The standard InChI is InChI=1S/C21H34N4O3S/c1-5-22-8-10-24(11-9-22)21(26)19(4)23-12-14-25(15-13-23)29(27,28)20-16-17(2)6-7-18(20)3/h6-7,16,19H,5,8-15H2,1-4H3/t19-/m1/s1. The number of benzene rings is 1. The van der Waals surface area contributed by atoms with Crippen LogP contribution in [0.4, 0.5) is 0 Å². The van der Waals surface area contributed by atoms with E-state index < -0.39 is 10.0 Å². The Morgan fingerprint density at radius 2 is 1.62 bits per heavy atom. The van der Waals surface area contributed by atoms with E-state index in [1.165, 1.54) is 0 Å². The third-order valence-electron chi connectivity index (χ3n) is 6.27. The van der Waals surface area contributed by atoms with E-state index in [0.29, 0.717) is 31.1 Å². The number of aryl methyl sites for hydroxylation is 2. The average molecular weight is 423 g/mol. The molecule has 0 aromatic heterocycles. The first kappa shape index (κ1) is 22.2. The first-order valence-corrected chi connectivity index (χ1v) is 12.0. The summed E-state index contributed by atoms with van der Waals surface area (Å²) in [7, 11) is -3.51. The van der Waals surface area contributed by atoms with Gasteiger partial charge in [0, 0.05) is 52.4 Å². The number of nitrogens with zero attached hydrogens (tertiary/aromatic N) is 4. The summed E-state index contributed by atoms with van der Waals surface area (Å²) in [6.45, 7) is 14.2. The van der Waals surface area contributed by atoms with Crippen molar-refractivity contribution in [2.45, 2.75) is 38.6 Å². The van der Waals surface area contributed by atoms with E-state index in [9.17, 15) is 13.2 Å². The number of hydrogen-bond acceptors (Lipinski definition) is 5. The lowest BCUT2D eigenvalue weighted by atomic mass is 10.2. The molecule has 3 rings (SSSR count). The largest absolute Gasteiger partial charge is 0.339 e. The predicted octanol–water partition coefficient (Wildman–Crippen LogP) is 1.16. The van der Waals surface area contributed by atoms with Crippen molar-refractivity contribution in [2.75, 3.05) is 58.9 Å². The lowest BCUT2D eigenvalue weighted by Gasteiger charge is -2.40. The highest BCUT2D eigenvalue weighted by molar-refractivity contribution is 7.89. The number of carbonyl (C=O) groups excluding carboxylic acids is 1. The Kier molecular flexibility index (Phi) is 6.98. The van der Waals surface area contributed by atoms with Crippen molar-refractivity contribution in [1.82, 2.24) is 19.0 Å². The van der Waals surface area contributed by atoms with Crippen LogP contribution in [0, 0.1) is 13.8 Å². The number of piperazine rings is 2. The van der Waals surface area contributed by atoms with Gasteiger partial charge in [0.25, 0.3) is 0 Å². The minimum absolute atomic E-state index is 0.159. The van der Waals surface area contributed by atoms with E-state index in [1.54, 1.807) is 10.4 Å². The fourth-order valence-electron chi connectivity index (χ4n) is 4.16. The summed E-state index contributed by atoms with van der Waals surface area (Å²) in [5.41, 5.74) is 1.71. The van der Waals surface area contributed by atoms with Gasteiger partial charge in [-0.15, -0.1) is 0 Å². The van der Waals surface area contributed by atoms with Crippen LogP contribution in [-0.2, 0) is 14.8 Å². The van der Waals surface area contributed by atoms with Crippen molar-refractivity contribution >= 4 is 15.9 Å². The molecule has 0 aliphatic carbocycles. The van der Waals surface area contributed by atoms with Gasteiger partial charge in [0.1, 0.15) is 0 Å². The number of rotatable bonds is 5. The third kappa shape index (κ3) is 4.82. The molecule has 1 amide bonds. The molecule has 2 saturated heterocycles. The van der Waals surface area contributed by atoms with Crippen molar-refractivity contribution < 1.29 is 13.2 Å². The average Bonchev–Trinajstić information content (AvgIpc) is 2.74. The van der Waals surface area contributed by atoms with E-state index >= 15 is 0 Å². The normalized spacial score (nSPS) is 21.3. The van der Waals surface area contributed by atoms with Gasteiger partial charge in [-0.1, -0.05) is 19.1 Å². The number of carbonyl (C=O) groups is 1. The van der Waals surface area contributed by atoms with Crippen molar-refractivity contribution in [2.24, 2.45) is 0 Å². The molecule has 0 N–H and O–H groups in total. The number of likely N-dealkylation sites (N-methyl/N-ethyl adjacent to an activating group) is 1. The molecule has 2 fully saturated rings. The van der Waals surface area contributed by atoms with Crippen molar-refractivity contribution in [3.05, 3.63) is 29.3 Å². The zero-order valence-electron chi connectivity index (χ0n) is 18.1. The SMILES string of the molecule is CCN1CCN(C(=O)[C@@H](C)N2CCN(S(=O)(=O)c3cc(C)ccc3C)CC2)CC1. The van der Waals surface area contributed by atoms with Crippen LogP contribution in [0.15, 0.2) is 23.1 Å². The molecule has 2 aliphatic rings. The minimum atomic E-state index is -3.51. The highest BCUT2D eigenvalue weighted by Crippen LogP contribution is 2.23. The first-order chi connectivity index (χ1) is 13.7. The summed E-state index contributed by atoms with van der Waals surface area (Å²) in [5, 5.41) is 0. The van der Waals surface area contributed by atoms with Gasteiger partial charge in [0.2, 0.25) is 15.9 Å². The number of amides is 1. The van der Waals surface area contributed by atoms with E-state index in [1.807, 2.05) is 37.8 Å². The summed E-state index contributed by atoms with van der Waals surface area (Å²) in [4.78, 5) is 19.7. The van der Waals surface area contributed by atoms with E-state index in [0.717, 1.165) is 43.9 Å². The van der Waals surface area contributed by atoms with Crippen molar-refractivity contribution in [3.63, 3.8) is 0 Å². The maximum atomic E-state index is 13.1.